The summed E-state index contributed by atoms with van der Waals surface area (Å²) in [5, 5.41) is 9.97. The first kappa shape index (κ1) is 22.5. The summed E-state index contributed by atoms with van der Waals surface area (Å²) in [6, 6.07) is 12.6. The molecule has 0 bridgehead atoms. The highest BCUT2D eigenvalue weighted by Crippen LogP contribution is 2.33. The Bertz CT molecular complexity index is 1520. The lowest BCUT2D eigenvalue weighted by Gasteiger charge is -2.13. The van der Waals surface area contributed by atoms with Gasteiger partial charge in [0.1, 0.15) is 23.3 Å². The SMILES string of the molecule is O=C(NCCn1ccc2ncnc(Nc3ccc(Oc4ccc5ccnn5c4)c(Cl)c3)c21)C(F)F. The van der Waals surface area contributed by atoms with Crippen LogP contribution in [0.25, 0.3) is 16.6 Å². The molecule has 0 atom stereocenters. The molecule has 0 aliphatic carbocycles. The molecule has 0 saturated heterocycles. The van der Waals surface area contributed by atoms with Gasteiger partial charge >= 0.3 is 6.43 Å². The Morgan fingerprint density at radius 2 is 2.03 bits per heavy atom. The highest BCUT2D eigenvalue weighted by Gasteiger charge is 2.15. The lowest BCUT2D eigenvalue weighted by molar-refractivity contribution is -0.131. The van der Waals surface area contributed by atoms with Crippen molar-refractivity contribution >= 4 is 45.6 Å². The summed E-state index contributed by atoms with van der Waals surface area (Å²) >= 11 is 6.47. The zero-order valence-corrected chi connectivity index (χ0v) is 18.8. The third kappa shape index (κ3) is 4.85. The lowest BCUT2D eigenvalue weighted by Crippen LogP contribution is -2.32. The maximum atomic E-state index is 12.4. The first-order valence-electron chi connectivity index (χ1n) is 10.5. The second kappa shape index (κ2) is 9.55. The summed E-state index contributed by atoms with van der Waals surface area (Å²) in [4.78, 5) is 19.7. The van der Waals surface area contributed by atoms with Gasteiger partial charge < -0.3 is 19.9 Å². The van der Waals surface area contributed by atoms with Crippen molar-refractivity contribution < 1.29 is 18.3 Å². The van der Waals surface area contributed by atoms with Crippen LogP contribution in [0.2, 0.25) is 5.02 Å². The monoisotopic (exact) mass is 497 g/mol. The van der Waals surface area contributed by atoms with Gasteiger partial charge in [-0.25, -0.2) is 14.5 Å². The molecule has 178 valence electrons. The van der Waals surface area contributed by atoms with E-state index in [1.54, 1.807) is 51.9 Å². The van der Waals surface area contributed by atoms with E-state index in [1.807, 2.05) is 18.2 Å². The highest BCUT2D eigenvalue weighted by molar-refractivity contribution is 6.32. The number of halogens is 3. The summed E-state index contributed by atoms with van der Waals surface area (Å²) in [5.41, 5.74) is 2.91. The minimum absolute atomic E-state index is 0.0312. The molecular weight excluding hydrogens is 480 g/mol. The average molecular weight is 498 g/mol. The number of carbonyl (C=O) groups excluding carboxylic acids is 1. The van der Waals surface area contributed by atoms with E-state index in [1.165, 1.54) is 6.33 Å². The molecule has 4 heterocycles. The fourth-order valence-corrected chi connectivity index (χ4v) is 3.79. The number of pyridine rings is 1. The van der Waals surface area contributed by atoms with Gasteiger partial charge in [-0.05, 0) is 42.5 Å². The summed E-state index contributed by atoms with van der Waals surface area (Å²) in [6.07, 6.45) is 3.57. The van der Waals surface area contributed by atoms with E-state index in [4.69, 9.17) is 16.3 Å². The molecule has 0 spiro atoms. The number of anilines is 2. The minimum Gasteiger partial charge on any atom is -0.454 e. The Labute approximate surface area is 202 Å². The van der Waals surface area contributed by atoms with Crippen LogP contribution in [0.3, 0.4) is 0 Å². The van der Waals surface area contributed by atoms with Crippen molar-refractivity contribution in [2.24, 2.45) is 0 Å². The summed E-state index contributed by atoms with van der Waals surface area (Å²) in [5.74, 6) is 0.236. The molecule has 2 N–H and O–H groups in total. The van der Waals surface area contributed by atoms with Crippen molar-refractivity contribution in [3.63, 3.8) is 0 Å². The van der Waals surface area contributed by atoms with Gasteiger partial charge in [-0.1, -0.05) is 11.6 Å². The predicted molar refractivity (Wildman–Crippen MR) is 127 cm³/mol. The van der Waals surface area contributed by atoms with E-state index < -0.39 is 12.3 Å². The molecule has 0 aliphatic heterocycles. The number of alkyl halides is 2. The second-order valence-electron chi connectivity index (χ2n) is 7.49. The van der Waals surface area contributed by atoms with E-state index in [2.05, 4.69) is 25.7 Å². The van der Waals surface area contributed by atoms with Crippen LogP contribution in [0, 0.1) is 0 Å². The largest absolute Gasteiger partial charge is 0.454 e. The average Bonchev–Trinajstić information content (AvgIpc) is 3.48. The first-order valence-corrected chi connectivity index (χ1v) is 10.9. The molecule has 5 aromatic rings. The molecule has 5 rings (SSSR count). The molecular formula is C23H18ClF2N7O2. The molecule has 1 aromatic carbocycles. The van der Waals surface area contributed by atoms with E-state index >= 15 is 0 Å². The molecule has 0 aliphatic rings. The van der Waals surface area contributed by atoms with Gasteiger partial charge in [0.15, 0.2) is 5.82 Å². The Kier molecular flexibility index (Phi) is 6.15. The topological polar surface area (TPSA) is 98.4 Å². The van der Waals surface area contributed by atoms with Gasteiger partial charge in [-0.3, -0.25) is 4.79 Å². The van der Waals surface area contributed by atoms with Crippen LogP contribution in [0.1, 0.15) is 0 Å². The van der Waals surface area contributed by atoms with Crippen LogP contribution in [0.15, 0.2) is 67.4 Å². The minimum atomic E-state index is -3.05. The van der Waals surface area contributed by atoms with Crippen molar-refractivity contribution in [1.29, 1.82) is 0 Å². The fourth-order valence-electron chi connectivity index (χ4n) is 3.57. The number of amides is 1. The number of ether oxygens (including phenoxy) is 1. The number of carbonyl (C=O) groups is 1. The van der Waals surface area contributed by atoms with Crippen molar-refractivity contribution in [3.05, 3.63) is 72.4 Å². The van der Waals surface area contributed by atoms with Crippen molar-refractivity contribution in [2.45, 2.75) is 13.0 Å². The highest BCUT2D eigenvalue weighted by atomic mass is 35.5. The Morgan fingerprint density at radius 3 is 2.86 bits per heavy atom. The number of nitrogens with one attached hydrogen (secondary N) is 2. The van der Waals surface area contributed by atoms with Crippen molar-refractivity contribution in [1.82, 2.24) is 29.5 Å². The molecule has 4 aromatic heterocycles. The van der Waals surface area contributed by atoms with Crippen LogP contribution < -0.4 is 15.4 Å². The normalized spacial score (nSPS) is 11.3. The Balaban J connectivity index is 1.33. The van der Waals surface area contributed by atoms with E-state index in [0.29, 0.717) is 39.1 Å². The van der Waals surface area contributed by atoms with Crippen LogP contribution >= 0.6 is 11.6 Å². The van der Waals surface area contributed by atoms with Crippen LogP contribution in [-0.4, -0.2) is 43.0 Å². The molecule has 0 saturated carbocycles. The number of benzene rings is 1. The quantitative estimate of drug-likeness (QED) is 0.324. The van der Waals surface area contributed by atoms with Crippen LogP contribution in [0.5, 0.6) is 11.5 Å². The summed E-state index contributed by atoms with van der Waals surface area (Å²) < 4.78 is 34.2. The predicted octanol–water partition coefficient (Wildman–Crippen LogP) is 4.65. The number of fused-ring (bicyclic) bond motifs is 2. The zero-order chi connectivity index (χ0) is 24.4. The number of nitrogens with zero attached hydrogens (tertiary/aromatic N) is 5. The Hall–Kier alpha value is -4.25. The number of aromatic nitrogens is 5. The summed E-state index contributed by atoms with van der Waals surface area (Å²) in [7, 11) is 0. The molecule has 35 heavy (non-hydrogen) atoms. The fraction of sp³-hybridized carbons (Fsp3) is 0.130. The van der Waals surface area contributed by atoms with Crippen molar-refractivity contribution in [2.75, 3.05) is 11.9 Å². The van der Waals surface area contributed by atoms with Gasteiger partial charge in [-0.15, -0.1) is 0 Å². The standard InChI is InChI=1S/C23H18ClF2N7O2/c24-17-11-14(1-4-19(17)35-16-3-2-15-5-7-30-33(15)12-16)31-22-20-18(28-13-29-22)6-9-32(20)10-8-27-23(34)21(25)26/h1-7,9,11-13,21H,8,10H2,(H,27,34)(H,28,29,31). The lowest BCUT2D eigenvalue weighted by atomic mass is 10.3. The maximum absolute atomic E-state index is 12.4. The third-order valence-electron chi connectivity index (χ3n) is 5.19. The molecule has 12 heteroatoms. The molecule has 0 radical (unpaired) electrons. The third-order valence-corrected chi connectivity index (χ3v) is 5.49. The van der Waals surface area contributed by atoms with E-state index in [-0.39, 0.29) is 13.1 Å². The number of hydrogen-bond donors (Lipinski definition) is 2. The van der Waals surface area contributed by atoms with Gasteiger partial charge in [0.2, 0.25) is 0 Å². The van der Waals surface area contributed by atoms with Gasteiger partial charge in [0.05, 0.1) is 22.3 Å². The van der Waals surface area contributed by atoms with Crippen molar-refractivity contribution in [3.8, 4) is 11.5 Å². The van der Waals surface area contributed by atoms with E-state index in [9.17, 15) is 13.6 Å². The second-order valence-corrected chi connectivity index (χ2v) is 7.90. The number of hydrogen-bond acceptors (Lipinski definition) is 6. The number of rotatable bonds is 8. The van der Waals surface area contributed by atoms with Crippen LogP contribution in [-0.2, 0) is 11.3 Å². The van der Waals surface area contributed by atoms with E-state index in [0.717, 1.165) is 5.52 Å². The zero-order valence-electron chi connectivity index (χ0n) is 18.0. The maximum Gasteiger partial charge on any atom is 0.315 e. The summed E-state index contributed by atoms with van der Waals surface area (Å²) in [6.45, 7) is 0.293. The van der Waals surface area contributed by atoms with Crippen LogP contribution in [0.4, 0.5) is 20.3 Å². The smallest absolute Gasteiger partial charge is 0.315 e. The Morgan fingerprint density at radius 1 is 1.14 bits per heavy atom. The first-order chi connectivity index (χ1) is 17.0. The molecule has 0 unspecified atom stereocenters. The van der Waals surface area contributed by atoms with Gasteiger partial charge in [0.25, 0.3) is 5.91 Å². The van der Waals surface area contributed by atoms with Gasteiger partial charge in [-0.2, -0.15) is 13.9 Å². The molecule has 9 nitrogen and oxygen atoms in total. The molecule has 0 fully saturated rings. The molecule has 1 amide bonds. The van der Waals surface area contributed by atoms with Gasteiger partial charge in [0, 0.05) is 31.2 Å².